The average molecular weight is 247 g/mol. The topological polar surface area (TPSA) is 58.9 Å². The van der Waals surface area contributed by atoms with Crippen LogP contribution in [0.1, 0.15) is 22.8 Å². The lowest BCUT2D eigenvalue weighted by atomic mass is 10.1. The van der Waals surface area contributed by atoms with Gasteiger partial charge in [0.25, 0.3) is 0 Å². The highest BCUT2D eigenvalue weighted by atomic mass is 19.2. The lowest BCUT2D eigenvalue weighted by molar-refractivity contribution is 0.0520. The second-order valence-corrected chi connectivity index (χ2v) is 2.91. The summed E-state index contributed by atoms with van der Waals surface area (Å²) < 4.78 is 44.2. The Hall–Kier alpha value is -2.05. The number of rotatable bonds is 3. The minimum Gasteiger partial charge on any atom is -0.462 e. The van der Waals surface area contributed by atoms with Crippen LogP contribution in [0.5, 0.6) is 0 Å². The molecule has 0 unspecified atom stereocenters. The molecule has 0 aliphatic rings. The van der Waals surface area contributed by atoms with Crippen molar-refractivity contribution in [1.29, 1.82) is 0 Å². The summed E-state index contributed by atoms with van der Waals surface area (Å²) in [5.41, 5.74) is -1.71. The maximum atomic E-state index is 13.6. The fourth-order valence-electron chi connectivity index (χ4n) is 1.15. The van der Waals surface area contributed by atoms with E-state index in [1.54, 1.807) is 0 Å². The van der Waals surface area contributed by atoms with E-state index >= 15 is 0 Å². The summed E-state index contributed by atoms with van der Waals surface area (Å²) in [4.78, 5) is 11.2. The minimum absolute atomic E-state index is 0.0410. The van der Waals surface area contributed by atoms with Crippen LogP contribution in [0.4, 0.5) is 13.2 Å². The lowest BCUT2D eigenvalue weighted by Gasteiger charge is -2.06. The maximum absolute atomic E-state index is 13.6. The number of oxime groups is 1. The minimum atomic E-state index is -1.55. The Bertz CT molecular complexity index is 474. The summed E-state index contributed by atoms with van der Waals surface area (Å²) in [7, 11) is 0. The van der Waals surface area contributed by atoms with E-state index in [0.29, 0.717) is 12.3 Å². The first kappa shape index (κ1) is 13.0. The molecule has 92 valence electrons. The van der Waals surface area contributed by atoms with E-state index < -0.39 is 34.5 Å². The van der Waals surface area contributed by atoms with Gasteiger partial charge in [0, 0.05) is 0 Å². The number of esters is 1. The van der Waals surface area contributed by atoms with E-state index in [-0.39, 0.29) is 6.61 Å². The van der Waals surface area contributed by atoms with Crippen molar-refractivity contribution in [3.8, 4) is 0 Å². The number of benzene rings is 1. The zero-order valence-electron chi connectivity index (χ0n) is 8.71. The van der Waals surface area contributed by atoms with Gasteiger partial charge in [-0.05, 0) is 13.0 Å². The number of hydrogen-bond donors (Lipinski definition) is 1. The fourth-order valence-corrected chi connectivity index (χ4v) is 1.15. The predicted octanol–water partition coefficient (Wildman–Crippen LogP) is 2.09. The number of carbonyl (C=O) groups is 1. The van der Waals surface area contributed by atoms with Crippen molar-refractivity contribution in [3.63, 3.8) is 0 Å². The summed E-state index contributed by atoms with van der Waals surface area (Å²) in [6.45, 7) is 1.44. The van der Waals surface area contributed by atoms with Crippen molar-refractivity contribution < 1.29 is 27.9 Å². The van der Waals surface area contributed by atoms with Gasteiger partial charge in [-0.15, -0.1) is 0 Å². The number of hydrogen-bond acceptors (Lipinski definition) is 4. The molecule has 0 aliphatic heterocycles. The van der Waals surface area contributed by atoms with Gasteiger partial charge in [-0.25, -0.2) is 18.0 Å². The van der Waals surface area contributed by atoms with E-state index in [9.17, 15) is 18.0 Å². The molecule has 0 aromatic heterocycles. The Kier molecular flexibility index (Phi) is 4.08. The van der Waals surface area contributed by atoms with E-state index in [0.717, 1.165) is 0 Å². The molecular weight excluding hydrogens is 239 g/mol. The van der Waals surface area contributed by atoms with E-state index in [1.165, 1.54) is 6.92 Å². The fraction of sp³-hybridized carbons (Fsp3) is 0.200. The standard InChI is InChI=1S/C10H8F3NO3/c1-2-17-10(15)5-3-7(11)9(13)6(4-14-16)8(5)12/h3-4,16H,2H2,1H3/b14-4-. The van der Waals surface area contributed by atoms with Gasteiger partial charge in [-0.2, -0.15) is 0 Å². The summed E-state index contributed by atoms with van der Waals surface area (Å²) in [6, 6.07) is 0.386. The molecule has 1 N–H and O–H groups in total. The van der Waals surface area contributed by atoms with Crippen molar-refractivity contribution in [1.82, 2.24) is 0 Å². The first-order valence-corrected chi connectivity index (χ1v) is 4.55. The zero-order chi connectivity index (χ0) is 13.0. The van der Waals surface area contributed by atoms with Gasteiger partial charge < -0.3 is 9.94 Å². The molecule has 17 heavy (non-hydrogen) atoms. The van der Waals surface area contributed by atoms with Gasteiger partial charge in [0.05, 0.1) is 23.9 Å². The van der Waals surface area contributed by atoms with Crippen LogP contribution >= 0.6 is 0 Å². The average Bonchev–Trinajstić information content (AvgIpc) is 2.29. The Labute approximate surface area is 94.3 Å². The predicted molar refractivity (Wildman–Crippen MR) is 51.7 cm³/mol. The Balaban J connectivity index is 3.38. The summed E-state index contributed by atoms with van der Waals surface area (Å²) in [6.07, 6.45) is 0.358. The zero-order valence-corrected chi connectivity index (χ0v) is 8.71. The van der Waals surface area contributed by atoms with Gasteiger partial charge in [0.1, 0.15) is 5.82 Å². The molecule has 1 aromatic carbocycles. The van der Waals surface area contributed by atoms with E-state index in [4.69, 9.17) is 5.21 Å². The first-order valence-electron chi connectivity index (χ1n) is 4.55. The van der Waals surface area contributed by atoms with Gasteiger partial charge >= 0.3 is 5.97 Å². The number of carbonyl (C=O) groups excluding carboxylic acids is 1. The number of halogens is 3. The molecule has 0 bridgehead atoms. The van der Waals surface area contributed by atoms with Crippen molar-refractivity contribution in [2.24, 2.45) is 5.16 Å². The second-order valence-electron chi connectivity index (χ2n) is 2.91. The SMILES string of the molecule is CCOC(=O)c1cc(F)c(F)c(/C=N\O)c1F. The molecular formula is C10H8F3NO3. The highest BCUT2D eigenvalue weighted by Crippen LogP contribution is 2.19. The summed E-state index contributed by atoms with van der Waals surface area (Å²) in [5.74, 6) is -5.46. The molecule has 1 rings (SSSR count). The van der Waals surface area contributed by atoms with Crippen LogP contribution in [0.2, 0.25) is 0 Å². The highest BCUT2D eigenvalue weighted by molar-refractivity contribution is 5.92. The molecule has 0 saturated carbocycles. The largest absolute Gasteiger partial charge is 0.462 e. The molecule has 4 nitrogen and oxygen atoms in total. The first-order chi connectivity index (χ1) is 8.02. The third-order valence-corrected chi connectivity index (χ3v) is 1.87. The molecule has 0 aliphatic carbocycles. The maximum Gasteiger partial charge on any atom is 0.341 e. The Morgan fingerprint density at radius 1 is 1.47 bits per heavy atom. The number of ether oxygens (including phenoxy) is 1. The van der Waals surface area contributed by atoms with Gasteiger partial charge in [0.15, 0.2) is 11.6 Å². The molecule has 7 heteroatoms. The normalized spacial score (nSPS) is 10.8. The number of nitrogens with zero attached hydrogens (tertiary/aromatic N) is 1. The monoisotopic (exact) mass is 247 g/mol. The van der Waals surface area contributed by atoms with Crippen LogP contribution in [0.25, 0.3) is 0 Å². The molecule has 0 saturated heterocycles. The van der Waals surface area contributed by atoms with Crippen LogP contribution in [0.3, 0.4) is 0 Å². The van der Waals surface area contributed by atoms with Gasteiger partial charge in [-0.1, -0.05) is 5.16 Å². The van der Waals surface area contributed by atoms with E-state index in [2.05, 4.69) is 9.89 Å². The van der Waals surface area contributed by atoms with Gasteiger partial charge in [0.2, 0.25) is 0 Å². The van der Waals surface area contributed by atoms with Crippen LogP contribution in [-0.2, 0) is 4.74 Å². The molecule has 0 spiro atoms. The Morgan fingerprint density at radius 3 is 2.65 bits per heavy atom. The molecule has 0 amide bonds. The lowest BCUT2D eigenvalue weighted by Crippen LogP contribution is -2.11. The van der Waals surface area contributed by atoms with Crippen LogP contribution < -0.4 is 0 Å². The quantitative estimate of drug-likeness (QED) is 0.292. The summed E-state index contributed by atoms with van der Waals surface area (Å²) >= 11 is 0. The van der Waals surface area contributed by atoms with E-state index in [1.807, 2.05) is 0 Å². The van der Waals surface area contributed by atoms with Gasteiger partial charge in [-0.3, -0.25) is 0 Å². The third kappa shape index (κ3) is 2.55. The van der Waals surface area contributed by atoms with Crippen LogP contribution in [-0.4, -0.2) is 24.0 Å². The van der Waals surface area contributed by atoms with Crippen molar-refractivity contribution >= 4 is 12.2 Å². The van der Waals surface area contributed by atoms with Crippen molar-refractivity contribution in [3.05, 3.63) is 34.6 Å². The molecule has 0 atom stereocenters. The van der Waals surface area contributed by atoms with Crippen molar-refractivity contribution in [2.45, 2.75) is 6.92 Å². The molecule has 0 fully saturated rings. The smallest absolute Gasteiger partial charge is 0.341 e. The summed E-state index contributed by atoms with van der Waals surface area (Å²) in [5, 5.41) is 10.6. The molecule has 0 heterocycles. The molecule has 1 aromatic rings. The van der Waals surface area contributed by atoms with Crippen LogP contribution in [0, 0.1) is 17.5 Å². The highest BCUT2D eigenvalue weighted by Gasteiger charge is 2.22. The van der Waals surface area contributed by atoms with Crippen molar-refractivity contribution in [2.75, 3.05) is 6.61 Å². The second kappa shape index (κ2) is 5.33. The Morgan fingerprint density at radius 2 is 2.12 bits per heavy atom. The van der Waals surface area contributed by atoms with Crippen LogP contribution in [0.15, 0.2) is 11.2 Å². The molecule has 0 radical (unpaired) electrons. The third-order valence-electron chi connectivity index (χ3n) is 1.87.